The van der Waals surface area contributed by atoms with Crippen LogP contribution < -0.4 is 5.32 Å². The van der Waals surface area contributed by atoms with Gasteiger partial charge in [-0.25, -0.2) is 4.79 Å². The topological polar surface area (TPSA) is 79.3 Å². The Labute approximate surface area is 90.6 Å². The molecule has 5 nitrogen and oxygen atoms in total. The third-order valence-corrected chi connectivity index (χ3v) is 2.30. The number of hydrogen-bond acceptors (Lipinski definition) is 4. The second-order valence-corrected chi connectivity index (χ2v) is 3.75. The Morgan fingerprint density at radius 1 is 1.60 bits per heavy atom. The number of carbonyl (C=O) groups is 2. The van der Waals surface area contributed by atoms with Crippen LogP contribution in [0.2, 0.25) is 0 Å². The van der Waals surface area contributed by atoms with Gasteiger partial charge >= 0.3 is 5.97 Å². The van der Waals surface area contributed by atoms with Crippen LogP contribution in [0.15, 0.2) is 11.8 Å². The minimum Gasteiger partial charge on any atom is -0.477 e. The van der Waals surface area contributed by atoms with Crippen molar-refractivity contribution in [2.45, 2.75) is 13.8 Å². The Morgan fingerprint density at radius 3 is 2.67 bits per heavy atom. The Hall–Kier alpha value is -1.69. The second kappa shape index (κ2) is 4.70. The van der Waals surface area contributed by atoms with Gasteiger partial charge in [-0.15, -0.1) is 0 Å². The molecule has 0 radical (unpaired) electrons. The largest absolute Gasteiger partial charge is 0.477 e. The van der Waals surface area contributed by atoms with Crippen LogP contribution in [0.5, 0.6) is 0 Å². The highest BCUT2D eigenvalue weighted by Crippen LogP contribution is 2.12. The molecular weight excluding hydrogens is 216 g/mol. The average molecular weight is 226 g/mol. The fourth-order valence-corrected chi connectivity index (χ4v) is 1.63. The standard InChI is InChI=1S/C9H10N2O3S/c1-5-3-7(15-11-5)4-8(9(13)14)10-6(2)12/h3-4H,1-2H3,(H,10,12)(H,13,14)/b8-4-. The van der Waals surface area contributed by atoms with Crippen LogP contribution in [-0.4, -0.2) is 21.4 Å². The van der Waals surface area contributed by atoms with E-state index in [0.29, 0.717) is 4.88 Å². The summed E-state index contributed by atoms with van der Waals surface area (Å²) in [5, 5.41) is 11.0. The van der Waals surface area contributed by atoms with Crippen molar-refractivity contribution in [2.24, 2.45) is 0 Å². The highest BCUT2D eigenvalue weighted by Gasteiger charge is 2.09. The van der Waals surface area contributed by atoms with E-state index in [-0.39, 0.29) is 5.70 Å². The maximum atomic E-state index is 10.7. The first-order chi connectivity index (χ1) is 6.99. The van der Waals surface area contributed by atoms with Gasteiger partial charge in [-0.05, 0) is 30.6 Å². The van der Waals surface area contributed by atoms with Gasteiger partial charge in [0, 0.05) is 6.92 Å². The lowest BCUT2D eigenvalue weighted by Gasteiger charge is -2.00. The molecule has 0 atom stereocenters. The van der Waals surface area contributed by atoms with Gasteiger partial charge in [-0.1, -0.05) is 0 Å². The molecule has 0 aliphatic heterocycles. The molecule has 1 amide bonds. The number of nitrogens with one attached hydrogen (secondary N) is 1. The number of aryl methyl sites for hydroxylation is 1. The molecule has 0 spiro atoms. The lowest BCUT2D eigenvalue weighted by atomic mass is 10.3. The van der Waals surface area contributed by atoms with Gasteiger partial charge in [0.1, 0.15) is 5.70 Å². The number of carboxylic acid groups (broad SMARTS) is 1. The Kier molecular flexibility index (Phi) is 3.56. The van der Waals surface area contributed by atoms with Gasteiger partial charge in [-0.3, -0.25) is 4.79 Å². The van der Waals surface area contributed by atoms with Crippen LogP contribution >= 0.6 is 11.5 Å². The summed E-state index contributed by atoms with van der Waals surface area (Å²) in [6.07, 6.45) is 1.38. The number of carbonyl (C=O) groups excluding carboxylic acids is 1. The molecule has 1 heterocycles. The fourth-order valence-electron chi connectivity index (χ4n) is 0.934. The maximum absolute atomic E-state index is 10.7. The van der Waals surface area contributed by atoms with Gasteiger partial charge in [0.2, 0.25) is 5.91 Å². The minimum atomic E-state index is -1.17. The molecule has 1 aromatic heterocycles. The molecule has 15 heavy (non-hydrogen) atoms. The van der Waals surface area contributed by atoms with Crippen molar-refractivity contribution < 1.29 is 14.7 Å². The van der Waals surface area contributed by atoms with Gasteiger partial charge < -0.3 is 10.4 Å². The molecule has 6 heteroatoms. The monoisotopic (exact) mass is 226 g/mol. The van der Waals surface area contributed by atoms with Crippen LogP contribution in [0.3, 0.4) is 0 Å². The van der Waals surface area contributed by atoms with Crippen LogP contribution in [0, 0.1) is 6.92 Å². The van der Waals surface area contributed by atoms with Crippen molar-refractivity contribution in [2.75, 3.05) is 0 Å². The minimum absolute atomic E-state index is 0.147. The van der Waals surface area contributed by atoms with Crippen LogP contribution in [-0.2, 0) is 9.59 Å². The van der Waals surface area contributed by atoms with Gasteiger partial charge in [-0.2, -0.15) is 4.37 Å². The number of aliphatic carboxylic acids is 1. The summed E-state index contributed by atoms with van der Waals surface area (Å²) in [6, 6.07) is 1.75. The summed E-state index contributed by atoms with van der Waals surface area (Å²) in [5.74, 6) is -1.58. The molecule has 0 unspecified atom stereocenters. The first-order valence-corrected chi connectivity index (χ1v) is 4.92. The molecule has 0 saturated heterocycles. The van der Waals surface area contributed by atoms with E-state index in [1.54, 1.807) is 6.07 Å². The zero-order chi connectivity index (χ0) is 11.4. The van der Waals surface area contributed by atoms with E-state index in [4.69, 9.17) is 5.11 Å². The number of hydrogen-bond donors (Lipinski definition) is 2. The Balaban J connectivity index is 2.93. The molecular formula is C9H10N2O3S. The van der Waals surface area contributed by atoms with Crippen LogP contribution in [0.1, 0.15) is 17.5 Å². The number of aromatic nitrogens is 1. The van der Waals surface area contributed by atoms with E-state index in [1.807, 2.05) is 6.92 Å². The van der Waals surface area contributed by atoms with Crippen molar-refractivity contribution in [3.05, 3.63) is 22.3 Å². The van der Waals surface area contributed by atoms with E-state index >= 15 is 0 Å². The lowest BCUT2D eigenvalue weighted by Crippen LogP contribution is -2.24. The fraction of sp³-hybridized carbons (Fsp3) is 0.222. The van der Waals surface area contributed by atoms with Crippen molar-refractivity contribution >= 4 is 29.5 Å². The number of amides is 1. The summed E-state index contributed by atoms with van der Waals surface area (Å²) < 4.78 is 4.00. The molecule has 1 rings (SSSR count). The number of nitrogens with zero attached hydrogens (tertiary/aromatic N) is 1. The highest BCUT2D eigenvalue weighted by molar-refractivity contribution is 7.06. The van der Waals surface area contributed by atoms with E-state index in [1.165, 1.54) is 24.5 Å². The number of rotatable bonds is 3. The van der Waals surface area contributed by atoms with E-state index < -0.39 is 11.9 Å². The van der Waals surface area contributed by atoms with Crippen LogP contribution in [0.25, 0.3) is 6.08 Å². The van der Waals surface area contributed by atoms with Crippen molar-refractivity contribution in [1.29, 1.82) is 0 Å². The SMILES string of the molecule is CC(=O)N/C(=C\c1cc(C)ns1)C(=O)O. The van der Waals surface area contributed by atoms with E-state index in [9.17, 15) is 9.59 Å². The van der Waals surface area contributed by atoms with Crippen molar-refractivity contribution in [3.63, 3.8) is 0 Å². The summed E-state index contributed by atoms with van der Waals surface area (Å²) in [4.78, 5) is 22.2. The van der Waals surface area contributed by atoms with E-state index in [0.717, 1.165) is 5.69 Å². The molecule has 0 bridgehead atoms. The number of carboxylic acids is 1. The molecule has 0 saturated carbocycles. The molecule has 0 aliphatic rings. The predicted octanol–water partition coefficient (Wildman–Crippen LogP) is 1.01. The van der Waals surface area contributed by atoms with E-state index in [2.05, 4.69) is 9.69 Å². The third kappa shape index (κ3) is 3.51. The normalized spacial score (nSPS) is 11.2. The van der Waals surface area contributed by atoms with Crippen molar-refractivity contribution in [1.82, 2.24) is 9.69 Å². The van der Waals surface area contributed by atoms with Gasteiger partial charge in [0.15, 0.2) is 0 Å². The predicted molar refractivity (Wildman–Crippen MR) is 56.3 cm³/mol. The van der Waals surface area contributed by atoms with Crippen molar-refractivity contribution in [3.8, 4) is 0 Å². The molecule has 1 aromatic rings. The highest BCUT2D eigenvalue weighted by atomic mass is 32.1. The smallest absolute Gasteiger partial charge is 0.352 e. The summed E-state index contributed by atoms with van der Waals surface area (Å²) in [6.45, 7) is 3.07. The maximum Gasteiger partial charge on any atom is 0.352 e. The molecule has 80 valence electrons. The molecule has 0 aromatic carbocycles. The molecule has 0 fully saturated rings. The Morgan fingerprint density at radius 2 is 2.27 bits per heavy atom. The molecule has 0 aliphatic carbocycles. The zero-order valence-electron chi connectivity index (χ0n) is 8.27. The van der Waals surface area contributed by atoms with Crippen LogP contribution in [0.4, 0.5) is 0 Å². The average Bonchev–Trinajstić information content (AvgIpc) is 2.49. The summed E-state index contributed by atoms with van der Waals surface area (Å²) in [7, 11) is 0. The quantitative estimate of drug-likeness (QED) is 0.754. The summed E-state index contributed by atoms with van der Waals surface area (Å²) in [5.41, 5.74) is 0.671. The third-order valence-electron chi connectivity index (χ3n) is 1.47. The summed E-state index contributed by atoms with van der Waals surface area (Å²) >= 11 is 1.18. The first kappa shape index (κ1) is 11.4. The van der Waals surface area contributed by atoms with Gasteiger partial charge in [0.05, 0.1) is 10.6 Å². The lowest BCUT2D eigenvalue weighted by molar-refractivity contribution is -0.134. The van der Waals surface area contributed by atoms with Gasteiger partial charge in [0.25, 0.3) is 0 Å². The Bertz CT molecular complexity index is 423. The zero-order valence-corrected chi connectivity index (χ0v) is 9.09. The molecule has 2 N–H and O–H groups in total. The second-order valence-electron chi connectivity index (χ2n) is 2.92. The first-order valence-electron chi connectivity index (χ1n) is 4.15.